The second-order valence-electron chi connectivity index (χ2n) is 0. The molecule has 0 bridgehead atoms. The molecule has 0 atom stereocenters. The van der Waals surface area contributed by atoms with Crippen molar-refractivity contribution in [2.75, 3.05) is 0 Å². The molecule has 1 radical (unpaired) electrons. The van der Waals surface area contributed by atoms with Gasteiger partial charge in [0.1, 0.15) is 0 Å². The Bertz CT molecular complexity index is 4.83. The Labute approximate surface area is 105 Å². The van der Waals surface area contributed by atoms with E-state index in [2.05, 4.69) is 6.92 Å². The van der Waals surface area contributed by atoms with E-state index in [9.17, 15) is 0 Å². The third kappa shape index (κ3) is 755. The Kier molecular flexibility index (Phi) is 28500. The molecular formula is C10H36Y-2. The van der Waals surface area contributed by atoms with Crippen LogP contribution in [0, 0.1) is 14.4 Å². The van der Waals surface area contributed by atoms with Gasteiger partial charge in [0.15, 0.2) is 0 Å². The molecule has 1 heteroatoms. The van der Waals surface area contributed by atoms with Crippen LogP contribution in [0.3, 0.4) is 0 Å². The maximum absolute atomic E-state index is 3.25. The van der Waals surface area contributed by atoms with Crippen molar-refractivity contribution in [2.45, 2.75) is 58.9 Å². The van der Waals surface area contributed by atoms with Crippen LogP contribution in [-0.4, -0.2) is 0 Å². The first-order valence-corrected chi connectivity index (χ1v) is 0.707. The van der Waals surface area contributed by atoms with Gasteiger partial charge in [-0.05, 0) is 0 Å². The fourth-order valence-corrected chi connectivity index (χ4v) is 0. The maximum Gasteiger partial charge on any atom is 0 e. The Morgan fingerprint density at radius 3 is 0.545 bits per heavy atom. The first kappa shape index (κ1) is 337. The van der Waals surface area contributed by atoms with E-state index >= 15 is 0 Å². The normalized spacial score (nSPS) is 0.545. The molecule has 0 nitrogen and oxygen atoms in total. The van der Waals surface area contributed by atoms with E-state index in [1.807, 2.05) is 0 Å². The zero-order valence-electron chi connectivity index (χ0n) is 3.28. The number of hydrogen-bond acceptors (Lipinski definition) is 0. The van der Waals surface area contributed by atoms with Gasteiger partial charge in [0, 0.05) is 32.7 Å². The van der Waals surface area contributed by atoms with Gasteiger partial charge in [-0.25, -0.2) is 0 Å². The van der Waals surface area contributed by atoms with Gasteiger partial charge in [0.2, 0.25) is 0 Å². The Morgan fingerprint density at radius 1 is 0.545 bits per heavy atom. The largest absolute Gasteiger partial charge is 0.358 e. The van der Waals surface area contributed by atoms with E-state index in [-0.39, 0.29) is 92.1 Å². The second-order valence-corrected chi connectivity index (χ2v) is 0. The van der Waals surface area contributed by atoms with Crippen molar-refractivity contribution >= 4 is 0 Å². The molecule has 0 aromatic rings. The van der Waals surface area contributed by atoms with Crippen LogP contribution in [0.15, 0.2) is 0 Å². The van der Waals surface area contributed by atoms with Crippen LogP contribution < -0.4 is 0 Å². The fraction of sp³-hybridized carbons (Fsp3) is 0.800. The molecule has 0 N–H and O–H groups in total. The summed E-state index contributed by atoms with van der Waals surface area (Å²) in [5, 5.41) is 0. The number of rotatable bonds is 0. The minimum atomic E-state index is 0. The van der Waals surface area contributed by atoms with Crippen molar-refractivity contribution in [2.24, 2.45) is 0 Å². The first-order valence-electron chi connectivity index (χ1n) is 0.707. The van der Waals surface area contributed by atoms with Gasteiger partial charge in [-0.15, -0.1) is 0 Å². The van der Waals surface area contributed by atoms with Gasteiger partial charge in [-0.2, -0.15) is 6.92 Å². The van der Waals surface area contributed by atoms with Crippen LogP contribution in [0.1, 0.15) is 58.9 Å². The molecule has 0 amide bonds. The van der Waals surface area contributed by atoms with Gasteiger partial charge in [-0.1, -0.05) is 52.0 Å². The van der Waals surface area contributed by atoms with Gasteiger partial charge in [0.25, 0.3) is 0 Å². The summed E-state index contributed by atoms with van der Waals surface area (Å²) >= 11 is 0. The molecule has 0 saturated heterocycles. The van der Waals surface area contributed by atoms with E-state index in [1.165, 1.54) is 0 Å². The monoisotopic (exact) mass is 245 g/mol. The predicted molar refractivity (Wildman–Crippen MR) is 64.6 cm³/mol. The fourth-order valence-electron chi connectivity index (χ4n) is 0. The number of hydrogen-bond donors (Lipinski definition) is 0. The van der Waals surface area contributed by atoms with Crippen LogP contribution in [0.5, 0.6) is 0 Å². The Balaban J connectivity index is -0.000000000139. The van der Waals surface area contributed by atoms with Crippen molar-refractivity contribution in [3.63, 3.8) is 0 Å². The molecule has 0 aliphatic carbocycles. The van der Waals surface area contributed by atoms with Gasteiger partial charge < -0.3 is 14.4 Å². The standard InChI is InChI=1S/C2H5.7CH4.CH3.Y/c1-2;;;;;;;;;/h1H2,2H3;7*1H4;1H3;/q-1;;;;;;;;-1;. The summed E-state index contributed by atoms with van der Waals surface area (Å²) in [6, 6.07) is 0. The molecule has 0 saturated carbocycles. The molecule has 0 rings (SSSR count). The van der Waals surface area contributed by atoms with Crippen molar-refractivity contribution < 1.29 is 32.7 Å². The van der Waals surface area contributed by atoms with Crippen LogP contribution in [-0.2, 0) is 32.7 Å². The van der Waals surface area contributed by atoms with Crippen LogP contribution in [0.2, 0.25) is 0 Å². The van der Waals surface area contributed by atoms with Crippen molar-refractivity contribution in [3.05, 3.63) is 14.4 Å². The van der Waals surface area contributed by atoms with Crippen LogP contribution >= 0.6 is 0 Å². The SMILES string of the molecule is C.C.C.C.C.C.C.[CH2-]C.[CH3-].[Y]. The minimum absolute atomic E-state index is 0. The first-order chi connectivity index (χ1) is 1.00. The Morgan fingerprint density at radius 2 is 0.545 bits per heavy atom. The smallest absolute Gasteiger partial charge is 0 e. The van der Waals surface area contributed by atoms with Gasteiger partial charge in [0.05, 0.1) is 0 Å². The third-order valence-electron chi connectivity index (χ3n) is 0. The summed E-state index contributed by atoms with van der Waals surface area (Å²) in [4.78, 5) is 0. The minimum Gasteiger partial charge on any atom is -0.358 e. The molecule has 0 fully saturated rings. The van der Waals surface area contributed by atoms with Crippen LogP contribution in [0.25, 0.3) is 0 Å². The molecule has 0 heterocycles. The predicted octanol–water partition coefficient (Wildman–Crippen LogP) is 5.74. The van der Waals surface area contributed by atoms with E-state index in [0.29, 0.717) is 0 Å². The van der Waals surface area contributed by atoms with E-state index in [1.54, 1.807) is 6.92 Å². The van der Waals surface area contributed by atoms with Crippen molar-refractivity contribution in [1.29, 1.82) is 0 Å². The maximum atomic E-state index is 3.25. The molecule has 0 aliphatic rings. The quantitative estimate of drug-likeness (QED) is 0.477. The van der Waals surface area contributed by atoms with Gasteiger partial charge >= 0.3 is 0 Å². The molecule has 0 aromatic carbocycles. The summed E-state index contributed by atoms with van der Waals surface area (Å²) < 4.78 is 0. The van der Waals surface area contributed by atoms with Crippen molar-refractivity contribution in [3.8, 4) is 0 Å². The molecule has 0 aliphatic heterocycles. The van der Waals surface area contributed by atoms with E-state index in [0.717, 1.165) is 0 Å². The van der Waals surface area contributed by atoms with E-state index in [4.69, 9.17) is 0 Å². The van der Waals surface area contributed by atoms with E-state index < -0.39 is 0 Å². The average Bonchev–Trinajstić information content (AvgIpc) is 1.00. The topological polar surface area (TPSA) is 0 Å². The summed E-state index contributed by atoms with van der Waals surface area (Å²) in [5.74, 6) is 0. The third-order valence-corrected chi connectivity index (χ3v) is 0. The van der Waals surface area contributed by atoms with Crippen molar-refractivity contribution in [1.82, 2.24) is 0 Å². The zero-order valence-corrected chi connectivity index (χ0v) is 6.12. The summed E-state index contributed by atoms with van der Waals surface area (Å²) in [7, 11) is 0. The summed E-state index contributed by atoms with van der Waals surface area (Å²) in [6.45, 7) is 5.00. The summed E-state index contributed by atoms with van der Waals surface area (Å²) in [6.07, 6.45) is 0. The molecule has 0 unspecified atom stereocenters. The van der Waals surface area contributed by atoms with Crippen LogP contribution in [0.4, 0.5) is 0 Å². The molecule has 0 aromatic heterocycles. The molecule has 81 valence electrons. The van der Waals surface area contributed by atoms with Gasteiger partial charge in [-0.3, -0.25) is 0 Å². The molecular weight excluding hydrogens is 209 g/mol. The Hall–Kier alpha value is 1.10. The summed E-state index contributed by atoms with van der Waals surface area (Å²) in [5.41, 5.74) is 0. The molecule has 0 spiro atoms. The average molecular weight is 245 g/mol. The zero-order chi connectivity index (χ0) is 2.00. The second kappa shape index (κ2) is 930. The molecule has 11 heavy (non-hydrogen) atoms.